The van der Waals surface area contributed by atoms with Crippen molar-refractivity contribution in [2.45, 2.75) is 26.6 Å². The molecule has 0 aliphatic carbocycles. The lowest BCUT2D eigenvalue weighted by molar-refractivity contribution is 0.414. The number of hydrogen-bond acceptors (Lipinski definition) is 3. The van der Waals surface area contributed by atoms with Gasteiger partial charge >= 0.3 is 0 Å². The molecule has 0 saturated heterocycles. The highest BCUT2D eigenvalue weighted by atomic mass is 16.5. The molecule has 2 aromatic rings. The van der Waals surface area contributed by atoms with E-state index in [4.69, 9.17) is 4.74 Å². The molecule has 18 heavy (non-hydrogen) atoms. The number of aryl methyl sites for hydroxylation is 1. The van der Waals surface area contributed by atoms with Crippen molar-refractivity contribution in [1.82, 2.24) is 15.1 Å². The van der Waals surface area contributed by atoms with Crippen molar-refractivity contribution in [3.05, 3.63) is 47.8 Å². The minimum Gasteiger partial charge on any atom is -0.497 e. The molecule has 1 N–H and O–H groups in total. The third kappa shape index (κ3) is 3.11. The molecule has 0 radical (unpaired) electrons. The van der Waals surface area contributed by atoms with E-state index in [-0.39, 0.29) is 0 Å². The summed E-state index contributed by atoms with van der Waals surface area (Å²) in [4.78, 5) is 0. The molecule has 0 aliphatic rings. The van der Waals surface area contributed by atoms with E-state index in [0.717, 1.165) is 25.4 Å². The summed E-state index contributed by atoms with van der Waals surface area (Å²) in [6.45, 7) is 4.69. The average Bonchev–Trinajstić information content (AvgIpc) is 2.87. The number of ether oxygens (including phenoxy) is 1. The van der Waals surface area contributed by atoms with Crippen LogP contribution in [0.15, 0.2) is 36.5 Å². The van der Waals surface area contributed by atoms with Crippen molar-refractivity contribution in [3.63, 3.8) is 0 Å². The monoisotopic (exact) mass is 245 g/mol. The van der Waals surface area contributed by atoms with Gasteiger partial charge in [0.05, 0.1) is 12.8 Å². The zero-order chi connectivity index (χ0) is 12.8. The molecule has 1 heterocycles. The zero-order valence-corrected chi connectivity index (χ0v) is 10.9. The molecular weight excluding hydrogens is 226 g/mol. The standard InChI is InChI=1S/C14H19N3O/c1-3-17-13(8-9-16-17)11-15-10-12-4-6-14(18-2)7-5-12/h4-9,15H,3,10-11H2,1-2H3. The lowest BCUT2D eigenvalue weighted by Crippen LogP contribution is -2.16. The average molecular weight is 245 g/mol. The van der Waals surface area contributed by atoms with Crippen LogP contribution >= 0.6 is 0 Å². The van der Waals surface area contributed by atoms with E-state index < -0.39 is 0 Å². The molecule has 0 aliphatic heterocycles. The highest BCUT2D eigenvalue weighted by molar-refractivity contribution is 5.27. The SMILES string of the molecule is CCn1nccc1CNCc1ccc(OC)cc1. The van der Waals surface area contributed by atoms with Crippen LogP contribution in [0.3, 0.4) is 0 Å². The highest BCUT2D eigenvalue weighted by Gasteiger charge is 2.00. The van der Waals surface area contributed by atoms with E-state index in [2.05, 4.69) is 29.5 Å². The smallest absolute Gasteiger partial charge is 0.118 e. The summed E-state index contributed by atoms with van der Waals surface area (Å²) in [5, 5.41) is 7.66. The highest BCUT2D eigenvalue weighted by Crippen LogP contribution is 2.11. The van der Waals surface area contributed by atoms with E-state index in [1.54, 1.807) is 7.11 Å². The van der Waals surface area contributed by atoms with Crippen LogP contribution in [0.5, 0.6) is 5.75 Å². The second kappa shape index (κ2) is 6.21. The molecule has 1 aromatic carbocycles. The Bertz CT molecular complexity index is 476. The van der Waals surface area contributed by atoms with Crippen molar-refractivity contribution in [2.24, 2.45) is 0 Å². The molecule has 96 valence electrons. The van der Waals surface area contributed by atoms with Gasteiger partial charge in [-0.05, 0) is 30.7 Å². The molecule has 0 atom stereocenters. The third-order valence-electron chi connectivity index (χ3n) is 2.90. The molecule has 4 heteroatoms. The van der Waals surface area contributed by atoms with E-state index in [0.29, 0.717) is 0 Å². The number of nitrogens with zero attached hydrogens (tertiary/aromatic N) is 2. The molecule has 0 fully saturated rings. The fourth-order valence-electron chi connectivity index (χ4n) is 1.87. The fourth-order valence-corrected chi connectivity index (χ4v) is 1.87. The Morgan fingerprint density at radius 1 is 1.17 bits per heavy atom. The second-order valence-electron chi connectivity index (χ2n) is 4.09. The summed E-state index contributed by atoms with van der Waals surface area (Å²) in [6.07, 6.45) is 1.84. The van der Waals surface area contributed by atoms with Gasteiger partial charge in [-0.1, -0.05) is 12.1 Å². The molecule has 4 nitrogen and oxygen atoms in total. The molecule has 1 aromatic heterocycles. The van der Waals surface area contributed by atoms with Gasteiger partial charge in [0.2, 0.25) is 0 Å². The number of benzene rings is 1. The molecule has 0 unspecified atom stereocenters. The minimum absolute atomic E-state index is 0.833. The van der Waals surface area contributed by atoms with Crippen molar-refractivity contribution >= 4 is 0 Å². The Labute approximate surface area is 108 Å². The van der Waals surface area contributed by atoms with Gasteiger partial charge in [-0.15, -0.1) is 0 Å². The van der Waals surface area contributed by atoms with Crippen LogP contribution in [0.1, 0.15) is 18.2 Å². The quantitative estimate of drug-likeness (QED) is 0.848. The zero-order valence-electron chi connectivity index (χ0n) is 10.9. The molecule has 2 rings (SSSR count). The van der Waals surface area contributed by atoms with E-state index >= 15 is 0 Å². The first kappa shape index (κ1) is 12.6. The lowest BCUT2D eigenvalue weighted by Gasteiger charge is -2.07. The third-order valence-corrected chi connectivity index (χ3v) is 2.90. The van der Waals surface area contributed by atoms with E-state index in [1.165, 1.54) is 11.3 Å². The topological polar surface area (TPSA) is 39.1 Å². The van der Waals surface area contributed by atoms with Gasteiger partial charge in [-0.25, -0.2) is 0 Å². The van der Waals surface area contributed by atoms with Gasteiger partial charge < -0.3 is 10.1 Å². The van der Waals surface area contributed by atoms with E-state index in [1.807, 2.05) is 29.1 Å². The van der Waals surface area contributed by atoms with Gasteiger partial charge in [-0.3, -0.25) is 4.68 Å². The Morgan fingerprint density at radius 3 is 2.61 bits per heavy atom. The first-order valence-corrected chi connectivity index (χ1v) is 6.18. The van der Waals surface area contributed by atoms with Crippen molar-refractivity contribution in [2.75, 3.05) is 7.11 Å². The van der Waals surface area contributed by atoms with Crippen LogP contribution in [0.25, 0.3) is 0 Å². The number of rotatable bonds is 6. The molecular formula is C14H19N3O. The first-order valence-electron chi connectivity index (χ1n) is 6.18. The molecule has 0 spiro atoms. The predicted molar refractivity (Wildman–Crippen MR) is 71.4 cm³/mol. The van der Waals surface area contributed by atoms with Crippen LogP contribution in [-0.2, 0) is 19.6 Å². The minimum atomic E-state index is 0.833. The summed E-state index contributed by atoms with van der Waals surface area (Å²) in [7, 11) is 1.68. The Hall–Kier alpha value is -1.81. The Morgan fingerprint density at radius 2 is 1.94 bits per heavy atom. The van der Waals surface area contributed by atoms with Crippen LogP contribution < -0.4 is 10.1 Å². The molecule has 0 amide bonds. The van der Waals surface area contributed by atoms with Crippen LogP contribution in [0, 0.1) is 0 Å². The van der Waals surface area contributed by atoms with Gasteiger partial charge in [0.1, 0.15) is 5.75 Å². The summed E-state index contributed by atoms with van der Waals surface area (Å²) in [5.74, 6) is 0.891. The van der Waals surface area contributed by atoms with Crippen molar-refractivity contribution in [3.8, 4) is 5.75 Å². The summed E-state index contributed by atoms with van der Waals surface area (Å²) in [5.41, 5.74) is 2.46. The Balaban J connectivity index is 1.84. The van der Waals surface area contributed by atoms with Crippen LogP contribution in [0.2, 0.25) is 0 Å². The van der Waals surface area contributed by atoms with Gasteiger partial charge in [-0.2, -0.15) is 5.10 Å². The summed E-state index contributed by atoms with van der Waals surface area (Å²) >= 11 is 0. The van der Waals surface area contributed by atoms with Crippen molar-refractivity contribution in [1.29, 1.82) is 0 Å². The lowest BCUT2D eigenvalue weighted by atomic mass is 10.2. The number of aromatic nitrogens is 2. The first-order chi connectivity index (χ1) is 8.83. The fraction of sp³-hybridized carbons (Fsp3) is 0.357. The normalized spacial score (nSPS) is 10.6. The van der Waals surface area contributed by atoms with Crippen molar-refractivity contribution < 1.29 is 4.74 Å². The maximum atomic E-state index is 5.13. The maximum absolute atomic E-state index is 5.13. The molecule has 0 saturated carbocycles. The van der Waals surface area contributed by atoms with Gasteiger partial charge in [0, 0.05) is 25.8 Å². The van der Waals surface area contributed by atoms with Gasteiger partial charge in [0.25, 0.3) is 0 Å². The maximum Gasteiger partial charge on any atom is 0.118 e. The Kier molecular flexibility index (Phi) is 4.36. The van der Waals surface area contributed by atoms with Crippen LogP contribution in [-0.4, -0.2) is 16.9 Å². The molecule has 0 bridgehead atoms. The second-order valence-corrected chi connectivity index (χ2v) is 4.09. The number of hydrogen-bond donors (Lipinski definition) is 1. The predicted octanol–water partition coefficient (Wildman–Crippen LogP) is 2.20. The number of nitrogens with one attached hydrogen (secondary N) is 1. The summed E-state index contributed by atoms with van der Waals surface area (Å²) < 4.78 is 7.13. The summed E-state index contributed by atoms with van der Waals surface area (Å²) in [6, 6.07) is 10.1. The van der Waals surface area contributed by atoms with E-state index in [9.17, 15) is 0 Å². The van der Waals surface area contributed by atoms with Crippen LogP contribution in [0.4, 0.5) is 0 Å². The largest absolute Gasteiger partial charge is 0.497 e. The number of methoxy groups -OCH3 is 1. The van der Waals surface area contributed by atoms with Gasteiger partial charge in [0.15, 0.2) is 0 Å².